The zero-order chi connectivity index (χ0) is 19.3. The Morgan fingerprint density at radius 1 is 0.964 bits per heavy atom. The van der Waals surface area contributed by atoms with Gasteiger partial charge in [0, 0.05) is 29.1 Å². The van der Waals surface area contributed by atoms with Gasteiger partial charge in [-0.3, -0.25) is 0 Å². The lowest BCUT2D eigenvalue weighted by Crippen LogP contribution is -2.16. The van der Waals surface area contributed by atoms with Gasteiger partial charge < -0.3 is 15.8 Å². The van der Waals surface area contributed by atoms with Crippen LogP contribution < -0.4 is 15.8 Å². The van der Waals surface area contributed by atoms with Gasteiger partial charge in [-0.2, -0.15) is 0 Å². The number of benzene rings is 3. The molecule has 0 aliphatic heterocycles. The Morgan fingerprint density at radius 3 is 2.57 bits per heavy atom. The molecule has 1 heterocycles. The van der Waals surface area contributed by atoms with Gasteiger partial charge in [0.1, 0.15) is 17.9 Å². The Hall–Kier alpha value is -3.60. The predicted molar refractivity (Wildman–Crippen MR) is 114 cm³/mol. The van der Waals surface area contributed by atoms with E-state index in [4.69, 9.17) is 10.5 Å². The van der Waals surface area contributed by atoms with E-state index in [9.17, 15) is 0 Å². The van der Waals surface area contributed by atoms with E-state index in [2.05, 4.69) is 45.6 Å². The fourth-order valence-electron chi connectivity index (χ4n) is 3.46. The van der Waals surface area contributed by atoms with E-state index < -0.39 is 0 Å². The summed E-state index contributed by atoms with van der Waals surface area (Å²) in [6.07, 6.45) is 1.57. The molecule has 1 atom stereocenters. The molecular weight excluding hydrogens is 348 g/mol. The predicted octanol–water partition coefficient (Wildman–Crippen LogP) is 4.46. The number of nitrogens with one attached hydrogen (secondary N) is 1. The number of methoxy groups -OCH3 is 1. The normalized spacial score (nSPS) is 11.9. The third-order valence-corrected chi connectivity index (χ3v) is 4.85. The summed E-state index contributed by atoms with van der Waals surface area (Å²) >= 11 is 0. The van der Waals surface area contributed by atoms with Gasteiger partial charge in [0.15, 0.2) is 0 Å². The minimum Gasteiger partial charge on any atom is -0.496 e. The Balaban J connectivity index is 1.71. The minimum absolute atomic E-state index is 0.100. The highest BCUT2D eigenvalue weighted by Gasteiger charge is 2.18. The third-order valence-electron chi connectivity index (χ3n) is 4.85. The molecule has 0 radical (unpaired) electrons. The van der Waals surface area contributed by atoms with E-state index in [0.717, 1.165) is 28.0 Å². The molecule has 0 spiro atoms. The Labute approximate surface area is 164 Å². The molecule has 0 fully saturated rings. The van der Waals surface area contributed by atoms with Crippen LogP contribution >= 0.6 is 0 Å². The van der Waals surface area contributed by atoms with Crippen molar-refractivity contribution in [3.63, 3.8) is 0 Å². The topological polar surface area (TPSA) is 73.1 Å². The zero-order valence-corrected chi connectivity index (χ0v) is 15.7. The van der Waals surface area contributed by atoms with E-state index in [-0.39, 0.29) is 5.92 Å². The van der Waals surface area contributed by atoms with Gasteiger partial charge in [0.05, 0.1) is 12.6 Å². The van der Waals surface area contributed by atoms with Gasteiger partial charge in [0.2, 0.25) is 0 Å². The molecule has 140 valence electrons. The zero-order valence-electron chi connectivity index (χ0n) is 15.7. The molecule has 5 heteroatoms. The number of rotatable bonds is 6. The highest BCUT2D eigenvalue weighted by atomic mass is 16.5. The number of nitrogens with zero attached hydrogens (tertiary/aromatic N) is 2. The highest BCUT2D eigenvalue weighted by molar-refractivity contribution is 5.91. The molecule has 28 heavy (non-hydrogen) atoms. The van der Waals surface area contributed by atoms with E-state index >= 15 is 0 Å². The quantitative estimate of drug-likeness (QED) is 0.490. The van der Waals surface area contributed by atoms with Gasteiger partial charge in [-0.05, 0) is 29.8 Å². The molecular formula is C23H22N4O. The van der Waals surface area contributed by atoms with Crippen LogP contribution in [0.15, 0.2) is 79.1 Å². The Kier molecular flexibility index (Phi) is 5.06. The number of ether oxygens (including phenoxy) is 1. The maximum Gasteiger partial charge on any atom is 0.137 e. The van der Waals surface area contributed by atoms with Crippen molar-refractivity contribution in [3.05, 3.63) is 90.3 Å². The fourth-order valence-corrected chi connectivity index (χ4v) is 3.46. The highest BCUT2D eigenvalue weighted by Crippen LogP contribution is 2.32. The van der Waals surface area contributed by atoms with Crippen LogP contribution in [0.1, 0.15) is 17.0 Å². The van der Waals surface area contributed by atoms with Gasteiger partial charge in [0.25, 0.3) is 0 Å². The van der Waals surface area contributed by atoms with Crippen LogP contribution in [0, 0.1) is 0 Å². The van der Waals surface area contributed by atoms with E-state index in [0.29, 0.717) is 12.2 Å². The minimum atomic E-state index is 0.100. The molecule has 1 unspecified atom stereocenters. The summed E-state index contributed by atoms with van der Waals surface area (Å²) in [7, 11) is 1.70. The first-order valence-corrected chi connectivity index (χ1v) is 9.18. The van der Waals surface area contributed by atoms with E-state index in [1.54, 1.807) is 13.4 Å². The number of hydrogen-bond acceptors (Lipinski definition) is 5. The molecule has 0 aliphatic carbocycles. The van der Waals surface area contributed by atoms with Crippen molar-refractivity contribution in [2.24, 2.45) is 0 Å². The lowest BCUT2D eigenvalue weighted by molar-refractivity contribution is 0.408. The Bertz CT molecular complexity index is 1080. The van der Waals surface area contributed by atoms with Gasteiger partial charge in [-0.15, -0.1) is 0 Å². The SMILES string of the molecule is COc1ccccc1C(CNc1ncnc2ccc(N)cc12)c1ccccc1. The molecule has 3 N–H and O–H groups in total. The number of hydrogen-bond donors (Lipinski definition) is 2. The summed E-state index contributed by atoms with van der Waals surface area (Å²) < 4.78 is 5.62. The molecule has 5 nitrogen and oxygen atoms in total. The summed E-state index contributed by atoms with van der Waals surface area (Å²) in [5.41, 5.74) is 9.85. The van der Waals surface area contributed by atoms with Crippen LogP contribution in [0.2, 0.25) is 0 Å². The number of nitrogens with two attached hydrogens (primary N) is 1. The molecule has 0 saturated heterocycles. The van der Waals surface area contributed by atoms with Crippen LogP contribution in [-0.2, 0) is 0 Å². The number of nitrogen functional groups attached to an aromatic ring is 1. The van der Waals surface area contributed by atoms with Crippen LogP contribution in [0.3, 0.4) is 0 Å². The van der Waals surface area contributed by atoms with Crippen molar-refractivity contribution < 1.29 is 4.74 Å². The van der Waals surface area contributed by atoms with Crippen LogP contribution in [0.25, 0.3) is 10.9 Å². The van der Waals surface area contributed by atoms with Gasteiger partial charge >= 0.3 is 0 Å². The second-order valence-corrected chi connectivity index (χ2v) is 6.58. The lowest BCUT2D eigenvalue weighted by atomic mass is 9.90. The Morgan fingerprint density at radius 2 is 1.75 bits per heavy atom. The first kappa shape index (κ1) is 17.8. The van der Waals surface area contributed by atoms with Crippen molar-refractivity contribution in [2.45, 2.75) is 5.92 Å². The number of anilines is 2. The van der Waals surface area contributed by atoms with Gasteiger partial charge in [-0.1, -0.05) is 48.5 Å². The average Bonchev–Trinajstić information content (AvgIpc) is 2.75. The van der Waals surface area contributed by atoms with E-state index in [1.807, 2.05) is 42.5 Å². The standard InChI is InChI=1S/C23H22N4O/c1-28-22-10-6-5-9-18(22)20(16-7-3-2-4-8-16)14-25-23-19-13-17(24)11-12-21(19)26-15-27-23/h2-13,15,20H,14,24H2,1H3,(H,25,26,27). The first-order chi connectivity index (χ1) is 13.8. The molecule has 4 aromatic rings. The smallest absolute Gasteiger partial charge is 0.137 e. The monoisotopic (exact) mass is 370 g/mol. The van der Waals surface area contributed by atoms with Crippen molar-refractivity contribution in [3.8, 4) is 5.75 Å². The maximum atomic E-state index is 5.97. The molecule has 4 rings (SSSR count). The van der Waals surface area contributed by atoms with Gasteiger partial charge in [-0.25, -0.2) is 9.97 Å². The van der Waals surface area contributed by atoms with Crippen LogP contribution in [0.4, 0.5) is 11.5 Å². The lowest BCUT2D eigenvalue weighted by Gasteiger charge is -2.21. The summed E-state index contributed by atoms with van der Waals surface area (Å²) in [5.74, 6) is 1.74. The maximum absolute atomic E-state index is 5.97. The van der Waals surface area contributed by atoms with Crippen molar-refractivity contribution in [1.29, 1.82) is 0 Å². The van der Waals surface area contributed by atoms with Crippen molar-refractivity contribution >= 4 is 22.4 Å². The van der Waals surface area contributed by atoms with E-state index in [1.165, 1.54) is 5.56 Å². The van der Waals surface area contributed by atoms with Crippen LogP contribution in [0.5, 0.6) is 5.75 Å². The van der Waals surface area contributed by atoms with Crippen molar-refractivity contribution in [1.82, 2.24) is 9.97 Å². The summed E-state index contributed by atoms with van der Waals surface area (Å²) in [6, 6.07) is 24.2. The second-order valence-electron chi connectivity index (χ2n) is 6.58. The molecule has 0 bridgehead atoms. The largest absolute Gasteiger partial charge is 0.496 e. The summed E-state index contributed by atoms with van der Waals surface area (Å²) in [4.78, 5) is 8.77. The summed E-state index contributed by atoms with van der Waals surface area (Å²) in [6.45, 7) is 0.658. The third kappa shape index (κ3) is 3.60. The van der Waals surface area contributed by atoms with Crippen molar-refractivity contribution in [2.75, 3.05) is 24.7 Å². The fraction of sp³-hybridized carbons (Fsp3) is 0.130. The molecule has 0 aliphatic rings. The molecule has 3 aromatic carbocycles. The average molecular weight is 370 g/mol. The molecule has 1 aromatic heterocycles. The number of fused-ring (bicyclic) bond motifs is 1. The van der Waals surface area contributed by atoms with Crippen LogP contribution in [-0.4, -0.2) is 23.6 Å². The first-order valence-electron chi connectivity index (χ1n) is 9.18. The number of aromatic nitrogens is 2. The second kappa shape index (κ2) is 7.96. The summed E-state index contributed by atoms with van der Waals surface area (Å²) in [5, 5.41) is 4.41. The number of para-hydroxylation sites is 1. The molecule has 0 amide bonds. The molecule has 0 saturated carbocycles.